The minimum absolute atomic E-state index is 0.347. The van der Waals surface area contributed by atoms with Gasteiger partial charge in [0.05, 0.1) is 27.7 Å². The van der Waals surface area contributed by atoms with E-state index in [1.165, 1.54) is 96.3 Å². The highest BCUT2D eigenvalue weighted by atomic mass is 31.2. The van der Waals surface area contributed by atoms with Crippen molar-refractivity contribution in [2.45, 2.75) is 135 Å². The Morgan fingerprint density at radius 2 is 1.12 bits per heavy atom. The zero-order chi connectivity index (χ0) is 24.1. The predicted molar refractivity (Wildman–Crippen MR) is 141 cm³/mol. The van der Waals surface area contributed by atoms with Crippen molar-refractivity contribution >= 4 is 7.60 Å². The van der Waals surface area contributed by atoms with Gasteiger partial charge in [-0.2, -0.15) is 0 Å². The lowest BCUT2D eigenvalue weighted by molar-refractivity contribution is -0.883. The Morgan fingerprint density at radius 3 is 1.53 bits per heavy atom. The van der Waals surface area contributed by atoms with Crippen LogP contribution in [0.25, 0.3) is 0 Å². The van der Waals surface area contributed by atoms with Gasteiger partial charge in [-0.05, 0) is 25.7 Å². The first-order valence-electron chi connectivity index (χ1n) is 13.7. The second-order valence-corrected chi connectivity index (χ2v) is 12.4. The number of hydrogen-bond acceptors (Lipinski definition) is 2. The third-order valence-electron chi connectivity index (χ3n) is 6.32. The van der Waals surface area contributed by atoms with E-state index in [4.69, 9.17) is 4.52 Å². The lowest BCUT2D eigenvalue weighted by atomic mass is 10.0. The molecule has 1 N–H and O–H groups in total. The Bertz CT molecular complexity index is 488. The zero-order valence-corrected chi connectivity index (χ0v) is 23.2. The van der Waals surface area contributed by atoms with Crippen molar-refractivity contribution in [3.05, 3.63) is 12.2 Å². The second-order valence-electron chi connectivity index (χ2n) is 10.4. The van der Waals surface area contributed by atoms with Crippen molar-refractivity contribution in [3.8, 4) is 0 Å². The molecule has 0 aliphatic carbocycles. The van der Waals surface area contributed by atoms with Crippen molar-refractivity contribution in [1.82, 2.24) is 0 Å². The first-order valence-corrected chi connectivity index (χ1v) is 15.3. The SMILES string of the molecule is CCCC/C=C\CCCCCCCCCCCCCCCOP(=O)(O)C(CC)[N+](C)(C)C. The Hall–Kier alpha value is -0.150. The number of hydrogen-bond donors (Lipinski definition) is 1. The van der Waals surface area contributed by atoms with Crippen LogP contribution in [0.15, 0.2) is 12.2 Å². The lowest BCUT2D eigenvalue weighted by Crippen LogP contribution is -2.44. The van der Waals surface area contributed by atoms with Crippen molar-refractivity contribution in [1.29, 1.82) is 0 Å². The number of quaternary nitrogens is 1. The van der Waals surface area contributed by atoms with Crippen LogP contribution in [0.1, 0.15) is 129 Å². The summed E-state index contributed by atoms with van der Waals surface area (Å²) < 4.78 is 18.4. The van der Waals surface area contributed by atoms with Gasteiger partial charge in [0.1, 0.15) is 0 Å². The van der Waals surface area contributed by atoms with E-state index in [9.17, 15) is 9.46 Å². The van der Waals surface area contributed by atoms with Crippen molar-refractivity contribution in [2.75, 3.05) is 27.7 Å². The Kier molecular flexibility index (Phi) is 20.1. The molecule has 0 heterocycles. The molecule has 0 amide bonds. The summed E-state index contributed by atoms with van der Waals surface area (Å²) in [5, 5.41) is 0. The van der Waals surface area contributed by atoms with E-state index in [2.05, 4.69) is 19.1 Å². The van der Waals surface area contributed by atoms with Gasteiger partial charge in [-0.3, -0.25) is 4.57 Å². The van der Waals surface area contributed by atoms with Crippen molar-refractivity contribution in [2.24, 2.45) is 0 Å². The molecule has 0 aliphatic rings. The monoisotopic (exact) mass is 474 g/mol. The van der Waals surface area contributed by atoms with Crippen LogP contribution in [0.4, 0.5) is 0 Å². The van der Waals surface area contributed by atoms with Crippen LogP contribution in [0.5, 0.6) is 0 Å². The maximum atomic E-state index is 12.5. The topological polar surface area (TPSA) is 46.5 Å². The molecule has 32 heavy (non-hydrogen) atoms. The van der Waals surface area contributed by atoms with Gasteiger partial charge in [0, 0.05) is 6.42 Å². The fraction of sp³-hybridized carbons (Fsp3) is 0.926. The van der Waals surface area contributed by atoms with E-state index in [-0.39, 0.29) is 5.78 Å². The highest BCUT2D eigenvalue weighted by Crippen LogP contribution is 2.51. The van der Waals surface area contributed by atoms with Crippen LogP contribution >= 0.6 is 7.60 Å². The van der Waals surface area contributed by atoms with E-state index in [1.54, 1.807) is 0 Å². The molecule has 0 aromatic carbocycles. The van der Waals surface area contributed by atoms with E-state index < -0.39 is 7.60 Å². The predicted octanol–water partition coefficient (Wildman–Crippen LogP) is 8.84. The lowest BCUT2D eigenvalue weighted by Gasteiger charge is -2.35. The molecule has 4 nitrogen and oxygen atoms in total. The molecule has 0 rings (SSSR count). The maximum Gasteiger partial charge on any atom is 0.385 e. The summed E-state index contributed by atoms with van der Waals surface area (Å²) in [6, 6.07) is 0. The van der Waals surface area contributed by atoms with Crippen LogP contribution in [-0.4, -0.2) is 42.9 Å². The number of rotatable bonds is 23. The summed E-state index contributed by atoms with van der Waals surface area (Å²) in [7, 11) is 2.31. The molecule has 0 radical (unpaired) electrons. The van der Waals surface area contributed by atoms with Crippen molar-refractivity contribution in [3.63, 3.8) is 0 Å². The highest BCUT2D eigenvalue weighted by Gasteiger charge is 2.41. The summed E-state index contributed by atoms with van der Waals surface area (Å²) in [5.74, 6) is -0.347. The van der Waals surface area contributed by atoms with Gasteiger partial charge in [-0.25, -0.2) is 0 Å². The van der Waals surface area contributed by atoms with E-state index >= 15 is 0 Å². The Morgan fingerprint density at radius 1 is 0.719 bits per heavy atom. The second kappa shape index (κ2) is 20.2. The standard InChI is InChI=1S/C27H56NO3P/c1-6-8-9-10-11-12-13-14-15-16-17-18-19-20-21-22-23-24-25-26-31-32(29,30)27(7-2)28(3,4)5/h10-11,27H,6-9,12-26H2,1-5H3/p+1/b11-10-. The summed E-state index contributed by atoms with van der Waals surface area (Å²) in [6.07, 6.45) is 27.4. The third kappa shape index (κ3) is 18.3. The fourth-order valence-electron chi connectivity index (χ4n) is 4.36. The van der Waals surface area contributed by atoms with Gasteiger partial charge in [0.15, 0.2) is 5.78 Å². The molecule has 0 saturated heterocycles. The van der Waals surface area contributed by atoms with Crippen molar-refractivity contribution < 1.29 is 18.5 Å². The van der Waals surface area contributed by atoms with Crippen LogP contribution in [-0.2, 0) is 9.09 Å². The average Bonchev–Trinajstić information content (AvgIpc) is 2.71. The van der Waals surface area contributed by atoms with Gasteiger partial charge in [-0.1, -0.05) is 109 Å². The summed E-state index contributed by atoms with van der Waals surface area (Å²) in [5.41, 5.74) is 0. The van der Waals surface area contributed by atoms with E-state index in [0.29, 0.717) is 17.5 Å². The van der Waals surface area contributed by atoms with Gasteiger partial charge in [-0.15, -0.1) is 0 Å². The van der Waals surface area contributed by atoms with Crippen LogP contribution < -0.4 is 0 Å². The van der Waals surface area contributed by atoms with Gasteiger partial charge >= 0.3 is 7.60 Å². The smallest absolute Gasteiger partial charge is 0.320 e. The Balaban J connectivity index is 3.41. The molecule has 0 saturated carbocycles. The maximum absolute atomic E-state index is 12.5. The first kappa shape index (κ1) is 31.9. The van der Waals surface area contributed by atoms with E-state index in [1.807, 2.05) is 28.1 Å². The molecule has 2 atom stereocenters. The summed E-state index contributed by atoms with van der Waals surface area (Å²) in [6.45, 7) is 4.61. The molecular weight excluding hydrogens is 417 g/mol. The van der Waals surface area contributed by atoms with Gasteiger partial charge < -0.3 is 13.9 Å². The minimum Gasteiger partial charge on any atom is -0.320 e. The third-order valence-corrected chi connectivity index (χ3v) is 8.68. The quantitative estimate of drug-likeness (QED) is 0.0696. The molecule has 5 heteroatoms. The van der Waals surface area contributed by atoms with Gasteiger partial charge in [0.25, 0.3) is 0 Å². The van der Waals surface area contributed by atoms with E-state index in [0.717, 1.165) is 12.8 Å². The summed E-state index contributed by atoms with van der Waals surface area (Å²) >= 11 is 0. The molecule has 192 valence electrons. The minimum atomic E-state index is -3.55. The zero-order valence-electron chi connectivity index (χ0n) is 22.3. The molecular formula is C27H57NO3P+. The molecule has 0 spiro atoms. The first-order chi connectivity index (χ1) is 15.3. The molecule has 0 fully saturated rings. The average molecular weight is 475 g/mol. The van der Waals surface area contributed by atoms with Crippen LogP contribution in [0.2, 0.25) is 0 Å². The largest absolute Gasteiger partial charge is 0.385 e. The highest BCUT2D eigenvalue weighted by molar-refractivity contribution is 7.53. The molecule has 0 bridgehead atoms. The van der Waals surface area contributed by atoms with Crippen LogP contribution in [0, 0.1) is 0 Å². The molecule has 0 aromatic heterocycles. The normalized spacial score (nSPS) is 15.3. The molecule has 0 aromatic rings. The fourth-order valence-corrected chi connectivity index (χ4v) is 6.26. The Labute approximate surface area is 201 Å². The molecule has 0 aliphatic heterocycles. The van der Waals surface area contributed by atoms with Gasteiger partial charge in [0.2, 0.25) is 0 Å². The molecule has 2 unspecified atom stereocenters. The van der Waals surface area contributed by atoms with Crippen LogP contribution in [0.3, 0.4) is 0 Å². The number of nitrogens with zero attached hydrogens (tertiary/aromatic N) is 1. The number of unbranched alkanes of at least 4 members (excludes halogenated alkanes) is 15. The number of allylic oxidation sites excluding steroid dienone is 2. The summed E-state index contributed by atoms with van der Waals surface area (Å²) in [4.78, 5) is 10.3.